The zero-order valence-electron chi connectivity index (χ0n) is 7.28. The van der Waals surface area contributed by atoms with Crippen molar-refractivity contribution in [2.24, 2.45) is 5.73 Å². The summed E-state index contributed by atoms with van der Waals surface area (Å²) in [5, 5.41) is 7.49. The molecule has 1 atom stereocenters. The molecule has 0 radical (unpaired) electrons. The normalized spacial score (nSPS) is 25.5. The van der Waals surface area contributed by atoms with Crippen molar-refractivity contribution in [1.29, 1.82) is 5.41 Å². The summed E-state index contributed by atoms with van der Waals surface area (Å²) in [4.78, 5) is 0. The van der Waals surface area contributed by atoms with Gasteiger partial charge in [-0.15, -0.1) is 0 Å². The first kappa shape index (κ1) is 8.47. The molecular formula is C9H16N2. The van der Waals surface area contributed by atoms with Crippen LogP contribution in [-0.2, 0) is 0 Å². The molecule has 1 rings (SSSR count). The first-order valence-electron chi connectivity index (χ1n) is 4.11. The maximum atomic E-state index is 7.49. The van der Waals surface area contributed by atoms with Gasteiger partial charge in [-0.2, -0.15) is 0 Å². The Labute approximate surface area is 68.0 Å². The smallest absolute Gasteiger partial charge is 0.0314 e. The summed E-state index contributed by atoms with van der Waals surface area (Å²) >= 11 is 0. The van der Waals surface area contributed by atoms with Crippen LogP contribution in [-0.4, -0.2) is 11.8 Å². The molecule has 0 saturated heterocycles. The third-order valence-electron chi connectivity index (χ3n) is 2.30. The summed E-state index contributed by atoms with van der Waals surface area (Å²) in [5.41, 5.74) is 9.04. The van der Waals surface area contributed by atoms with Crippen LogP contribution in [0, 0.1) is 5.41 Å². The summed E-state index contributed by atoms with van der Waals surface area (Å²) in [6, 6.07) is 0.332. The quantitative estimate of drug-likeness (QED) is 0.553. The molecule has 0 aliphatic heterocycles. The molecule has 0 aromatic carbocycles. The van der Waals surface area contributed by atoms with Gasteiger partial charge in [0.2, 0.25) is 0 Å². The third kappa shape index (κ3) is 1.90. The molecule has 0 aromatic rings. The molecule has 1 aliphatic rings. The van der Waals surface area contributed by atoms with Crippen LogP contribution in [0.3, 0.4) is 0 Å². The van der Waals surface area contributed by atoms with Gasteiger partial charge in [-0.25, -0.2) is 0 Å². The minimum absolute atomic E-state index is 0.332. The fraction of sp³-hybridized carbons (Fsp3) is 0.667. The molecule has 0 fully saturated rings. The summed E-state index contributed by atoms with van der Waals surface area (Å²) in [6.07, 6.45) is 3.02. The molecule has 0 heterocycles. The molecule has 3 N–H and O–H groups in total. The van der Waals surface area contributed by atoms with Gasteiger partial charge in [0, 0.05) is 11.8 Å². The summed E-state index contributed by atoms with van der Waals surface area (Å²) < 4.78 is 0. The monoisotopic (exact) mass is 152 g/mol. The van der Waals surface area contributed by atoms with Gasteiger partial charge in [-0.05, 0) is 38.7 Å². The third-order valence-corrected chi connectivity index (χ3v) is 2.30. The Bertz CT molecular complexity index is 204. The second kappa shape index (κ2) is 3.18. The molecule has 62 valence electrons. The molecule has 0 spiro atoms. The van der Waals surface area contributed by atoms with Crippen molar-refractivity contribution in [2.75, 3.05) is 0 Å². The van der Waals surface area contributed by atoms with E-state index < -0.39 is 0 Å². The minimum Gasteiger partial charge on any atom is -0.327 e. The maximum absolute atomic E-state index is 7.49. The molecule has 2 nitrogen and oxygen atoms in total. The van der Waals surface area contributed by atoms with Crippen molar-refractivity contribution < 1.29 is 0 Å². The van der Waals surface area contributed by atoms with E-state index in [9.17, 15) is 0 Å². The van der Waals surface area contributed by atoms with E-state index in [4.69, 9.17) is 11.1 Å². The van der Waals surface area contributed by atoms with Crippen LogP contribution in [0.2, 0.25) is 0 Å². The number of hydrogen-bond donors (Lipinski definition) is 2. The van der Waals surface area contributed by atoms with Gasteiger partial charge in [0.1, 0.15) is 0 Å². The average molecular weight is 152 g/mol. The molecule has 0 saturated carbocycles. The Kier molecular flexibility index (Phi) is 2.45. The van der Waals surface area contributed by atoms with Gasteiger partial charge in [0.25, 0.3) is 0 Å². The fourth-order valence-corrected chi connectivity index (χ4v) is 1.67. The van der Waals surface area contributed by atoms with E-state index in [2.05, 4.69) is 6.92 Å². The second-order valence-corrected chi connectivity index (χ2v) is 3.39. The van der Waals surface area contributed by atoms with E-state index in [1.54, 1.807) is 0 Å². The molecule has 0 amide bonds. The first-order chi connectivity index (χ1) is 5.11. The molecule has 0 bridgehead atoms. The lowest BCUT2D eigenvalue weighted by Crippen LogP contribution is -2.25. The van der Waals surface area contributed by atoms with Gasteiger partial charge < -0.3 is 11.1 Å². The van der Waals surface area contributed by atoms with E-state index >= 15 is 0 Å². The van der Waals surface area contributed by atoms with Gasteiger partial charge in [0.15, 0.2) is 0 Å². The van der Waals surface area contributed by atoms with Crippen LogP contribution in [0.15, 0.2) is 11.1 Å². The Morgan fingerprint density at radius 2 is 2.27 bits per heavy atom. The summed E-state index contributed by atoms with van der Waals surface area (Å²) in [5.74, 6) is 0. The lowest BCUT2D eigenvalue weighted by molar-refractivity contribution is 0.578. The topological polar surface area (TPSA) is 49.9 Å². The molecule has 0 aromatic heterocycles. The second-order valence-electron chi connectivity index (χ2n) is 3.39. The minimum atomic E-state index is 0.332. The van der Waals surface area contributed by atoms with E-state index in [-0.39, 0.29) is 0 Å². The highest BCUT2D eigenvalue weighted by molar-refractivity contribution is 5.96. The molecular weight excluding hydrogens is 136 g/mol. The molecule has 1 aliphatic carbocycles. The van der Waals surface area contributed by atoms with Gasteiger partial charge in [-0.1, -0.05) is 5.57 Å². The van der Waals surface area contributed by atoms with Gasteiger partial charge >= 0.3 is 0 Å². The van der Waals surface area contributed by atoms with Crippen LogP contribution in [0.25, 0.3) is 0 Å². The van der Waals surface area contributed by atoms with Crippen molar-refractivity contribution in [2.45, 2.75) is 39.2 Å². The van der Waals surface area contributed by atoms with Crippen LogP contribution in [0.5, 0.6) is 0 Å². The molecule has 2 heteroatoms. The average Bonchev–Trinajstić information content (AvgIpc) is 1.85. The SMILES string of the molecule is CC(=N)C1=C(C)C[C@H](N)CC1. The van der Waals surface area contributed by atoms with Crippen LogP contribution in [0.4, 0.5) is 0 Å². The standard InChI is InChI=1S/C9H16N2/c1-6-5-8(11)3-4-9(6)7(2)10/h8,10H,3-5,11H2,1-2H3/t8-/m1/s1. The highest BCUT2D eigenvalue weighted by Crippen LogP contribution is 2.23. The Morgan fingerprint density at radius 3 is 2.73 bits per heavy atom. The number of hydrogen-bond acceptors (Lipinski definition) is 2. The Balaban J connectivity index is 2.78. The Morgan fingerprint density at radius 1 is 1.64 bits per heavy atom. The van der Waals surface area contributed by atoms with Crippen LogP contribution < -0.4 is 5.73 Å². The number of nitrogens with two attached hydrogens (primary N) is 1. The van der Waals surface area contributed by atoms with Crippen molar-refractivity contribution in [3.8, 4) is 0 Å². The maximum Gasteiger partial charge on any atom is 0.0314 e. The zero-order chi connectivity index (χ0) is 8.43. The predicted molar refractivity (Wildman–Crippen MR) is 47.9 cm³/mol. The highest BCUT2D eigenvalue weighted by atomic mass is 14.6. The van der Waals surface area contributed by atoms with Crippen molar-refractivity contribution >= 4 is 5.71 Å². The van der Waals surface area contributed by atoms with E-state index in [1.165, 1.54) is 11.1 Å². The first-order valence-corrected chi connectivity index (χ1v) is 4.11. The van der Waals surface area contributed by atoms with Crippen LogP contribution in [0.1, 0.15) is 33.1 Å². The predicted octanol–water partition coefficient (Wildman–Crippen LogP) is 1.85. The van der Waals surface area contributed by atoms with E-state index in [0.29, 0.717) is 6.04 Å². The van der Waals surface area contributed by atoms with E-state index in [1.807, 2.05) is 6.92 Å². The van der Waals surface area contributed by atoms with Crippen molar-refractivity contribution in [3.63, 3.8) is 0 Å². The largest absolute Gasteiger partial charge is 0.327 e. The zero-order valence-corrected chi connectivity index (χ0v) is 7.28. The summed E-state index contributed by atoms with van der Waals surface area (Å²) in [6.45, 7) is 3.95. The highest BCUT2D eigenvalue weighted by Gasteiger charge is 2.15. The number of rotatable bonds is 1. The van der Waals surface area contributed by atoms with E-state index in [0.717, 1.165) is 25.0 Å². The lowest BCUT2D eigenvalue weighted by atomic mass is 9.87. The van der Waals surface area contributed by atoms with Gasteiger partial charge in [0.05, 0.1) is 0 Å². The molecule has 11 heavy (non-hydrogen) atoms. The fourth-order valence-electron chi connectivity index (χ4n) is 1.67. The lowest BCUT2D eigenvalue weighted by Gasteiger charge is -2.22. The number of nitrogens with one attached hydrogen (secondary N) is 1. The van der Waals surface area contributed by atoms with Crippen molar-refractivity contribution in [1.82, 2.24) is 0 Å². The number of allylic oxidation sites excluding steroid dienone is 1. The van der Waals surface area contributed by atoms with Crippen LogP contribution >= 0.6 is 0 Å². The summed E-state index contributed by atoms with van der Waals surface area (Å²) in [7, 11) is 0. The van der Waals surface area contributed by atoms with Gasteiger partial charge in [-0.3, -0.25) is 0 Å². The molecule has 0 unspecified atom stereocenters. The Hall–Kier alpha value is -0.630. The van der Waals surface area contributed by atoms with Crippen molar-refractivity contribution in [3.05, 3.63) is 11.1 Å².